The summed E-state index contributed by atoms with van der Waals surface area (Å²) in [6.45, 7) is 0.824. The van der Waals surface area contributed by atoms with Gasteiger partial charge in [-0.1, -0.05) is 0 Å². The number of hydrogen-bond donors (Lipinski definition) is 0. The quantitative estimate of drug-likeness (QED) is 0.402. The van der Waals surface area contributed by atoms with Crippen LogP contribution in [-0.4, -0.2) is 14.5 Å². The molecule has 0 aromatic carbocycles. The summed E-state index contributed by atoms with van der Waals surface area (Å²) in [5, 5.41) is 0. The zero-order valence-electron chi connectivity index (χ0n) is 10.9. The normalized spacial score (nSPS) is 13.1. The third kappa shape index (κ3) is 1.02. The van der Waals surface area contributed by atoms with E-state index in [9.17, 15) is 0 Å². The Bertz CT molecular complexity index is 996. The van der Waals surface area contributed by atoms with E-state index in [1.807, 2.05) is 24.5 Å². The number of rotatable bonds is 0. The number of pyridine rings is 2. The highest BCUT2D eigenvalue weighted by Gasteiger charge is 2.36. The molecule has 5 heterocycles. The van der Waals surface area contributed by atoms with E-state index in [1.54, 1.807) is 6.20 Å². The van der Waals surface area contributed by atoms with Crippen molar-refractivity contribution in [2.75, 3.05) is 0 Å². The Morgan fingerprint density at radius 1 is 1.30 bits per heavy atom. The molecule has 4 aromatic rings. The molecule has 0 amide bonds. The van der Waals surface area contributed by atoms with E-state index in [4.69, 9.17) is 4.42 Å². The van der Waals surface area contributed by atoms with Crippen LogP contribution in [0, 0.1) is 0 Å². The van der Waals surface area contributed by atoms with Crippen molar-refractivity contribution in [3.05, 3.63) is 42.4 Å². The zero-order valence-corrected chi connectivity index (χ0v) is 10.9. The molecule has 0 bridgehead atoms. The highest BCUT2D eigenvalue weighted by Crippen LogP contribution is 2.33. The van der Waals surface area contributed by atoms with Crippen LogP contribution in [0.2, 0.25) is 0 Å². The molecule has 20 heavy (non-hydrogen) atoms. The minimum Gasteiger partial charge on any atom is -0.417 e. The van der Waals surface area contributed by atoms with Crippen LogP contribution in [0.1, 0.15) is 5.56 Å². The molecule has 96 valence electrons. The van der Waals surface area contributed by atoms with Crippen LogP contribution < -0.4 is 4.57 Å². The average molecular weight is 263 g/mol. The largest absolute Gasteiger partial charge is 0.417 e. The van der Waals surface area contributed by atoms with Crippen molar-refractivity contribution in [1.29, 1.82) is 0 Å². The van der Waals surface area contributed by atoms with Gasteiger partial charge in [-0.3, -0.25) is 4.98 Å². The van der Waals surface area contributed by atoms with Crippen molar-refractivity contribution in [1.82, 2.24) is 14.5 Å². The topological polar surface area (TPSA) is 47.7 Å². The minimum atomic E-state index is 0.824. The molecular formula is C15H11N4O+. The van der Waals surface area contributed by atoms with Crippen LogP contribution in [0.4, 0.5) is 0 Å². The Morgan fingerprint density at radius 2 is 2.25 bits per heavy atom. The van der Waals surface area contributed by atoms with E-state index < -0.39 is 0 Å². The molecule has 0 atom stereocenters. The minimum absolute atomic E-state index is 0.824. The predicted octanol–water partition coefficient (Wildman–Crippen LogP) is 2.03. The maximum absolute atomic E-state index is 6.01. The van der Waals surface area contributed by atoms with Gasteiger partial charge < -0.3 is 4.42 Å². The lowest BCUT2D eigenvalue weighted by atomic mass is 10.2. The molecule has 0 unspecified atom stereocenters. The van der Waals surface area contributed by atoms with Gasteiger partial charge in [-0.2, -0.15) is 4.57 Å². The SMILES string of the molecule is Cn1c2[n+](c3oc4cccnc4c31)Cc1ccncc1-2. The summed E-state index contributed by atoms with van der Waals surface area (Å²) in [6, 6.07) is 5.92. The van der Waals surface area contributed by atoms with Crippen LogP contribution in [0.25, 0.3) is 33.7 Å². The molecule has 5 nitrogen and oxygen atoms in total. The summed E-state index contributed by atoms with van der Waals surface area (Å²) in [5.74, 6) is 1.13. The van der Waals surface area contributed by atoms with Gasteiger partial charge in [0.05, 0.1) is 12.6 Å². The van der Waals surface area contributed by atoms with E-state index in [-0.39, 0.29) is 0 Å². The van der Waals surface area contributed by atoms with Crippen LogP contribution >= 0.6 is 0 Å². The van der Waals surface area contributed by atoms with Gasteiger partial charge in [-0.05, 0) is 18.2 Å². The van der Waals surface area contributed by atoms with Gasteiger partial charge in [0.2, 0.25) is 5.52 Å². The fourth-order valence-corrected chi connectivity index (χ4v) is 3.18. The molecule has 5 rings (SSSR count). The maximum Gasteiger partial charge on any atom is 0.341 e. The zero-order chi connectivity index (χ0) is 13.3. The number of imidazole rings is 1. The molecule has 4 aromatic heterocycles. The van der Waals surface area contributed by atoms with Gasteiger partial charge >= 0.3 is 5.71 Å². The lowest BCUT2D eigenvalue weighted by molar-refractivity contribution is -0.652. The number of fused-ring (bicyclic) bond motifs is 7. The number of furan rings is 1. The Morgan fingerprint density at radius 3 is 3.20 bits per heavy atom. The van der Waals surface area contributed by atoms with Crippen LogP contribution in [0.3, 0.4) is 0 Å². The Balaban J connectivity index is 1.98. The molecule has 1 aliphatic heterocycles. The molecule has 0 saturated carbocycles. The van der Waals surface area contributed by atoms with E-state index in [2.05, 4.69) is 32.2 Å². The molecule has 0 radical (unpaired) electrons. The van der Waals surface area contributed by atoms with Gasteiger partial charge in [-0.15, -0.1) is 0 Å². The first kappa shape index (κ1) is 10.1. The van der Waals surface area contributed by atoms with Gasteiger partial charge in [0.25, 0.3) is 5.82 Å². The fourth-order valence-electron chi connectivity index (χ4n) is 3.18. The van der Waals surface area contributed by atoms with Gasteiger partial charge in [0, 0.05) is 24.2 Å². The van der Waals surface area contributed by atoms with Gasteiger partial charge in [-0.25, -0.2) is 9.55 Å². The highest BCUT2D eigenvalue weighted by atomic mass is 16.3. The number of aromatic nitrogens is 4. The second-order valence-corrected chi connectivity index (χ2v) is 5.11. The summed E-state index contributed by atoms with van der Waals surface area (Å²) in [7, 11) is 2.06. The first-order valence-corrected chi connectivity index (χ1v) is 6.53. The lowest BCUT2D eigenvalue weighted by Gasteiger charge is -1.94. The molecule has 0 saturated heterocycles. The van der Waals surface area contributed by atoms with E-state index >= 15 is 0 Å². The third-order valence-electron chi connectivity index (χ3n) is 4.04. The summed E-state index contributed by atoms with van der Waals surface area (Å²) in [5.41, 5.74) is 6.12. The number of hydrogen-bond acceptors (Lipinski definition) is 3. The average Bonchev–Trinajstić information content (AvgIpc) is 3.10. The molecule has 1 aliphatic rings. The summed E-state index contributed by atoms with van der Waals surface area (Å²) in [4.78, 5) is 8.70. The molecule has 0 spiro atoms. The van der Waals surface area contributed by atoms with E-state index in [0.717, 1.165) is 34.7 Å². The van der Waals surface area contributed by atoms with Gasteiger partial charge in [0.15, 0.2) is 11.1 Å². The van der Waals surface area contributed by atoms with Crippen LogP contribution in [-0.2, 0) is 13.6 Å². The molecule has 0 N–H and O–H groups in total. The van der Waals surface area contributed by atoms with E-state index in [1.165, 1.54) is 11.1 Å². The smallest absolute Gasteiger partial charge is 0.341 e. The standard InChI is InChI=1S/C15H11N4O/c1-18-13-12-11(3-2-5-17-12)20-15(13)19-8-9-4-6-16-7-10(9)14(18)19/h2-7H,8H2,1H3/q+1. The van der Waals surface area contributed by atoms with Crippen molar-refractivity contribution in [2.45, 2.75) is 6.54 Å². The third-order valence-corrected chi connectivity index (χ3v) is 4.04. The number of nitrogens with zero attached hydrogens (tertiary/aromatic N) is 4. The van der Waals surface area contributed by atoms with Crippen molar-refractivity contribution in [3.8, 4) is 11.4 Å². The predicted molar refractivity (Wildman–Crippen MR) is 73.0 cm³/mol. The summed E-state index contributed by atoms with van der Waals surface area (Å²) >= 11 is 0. The second kappa shape index (κ2) is 3.25. The maximum atomic E-state index is 6.01. The first-order valence-electron chi connectivity index (χ1n) is 6.53. The molecular weight excluding hydrogens is 252 g/mol. The van der Waals surface area contributed by atoms with Gasteiger partial charge in [0.1, 0.15) is 6.54 Å². The molecule has 0 aliphatic carbocycles. The highest BCUT2D eigenvalue weighted by molar-refractivity contribution is 5.98. The Kier molecular flexibility index (Phi) is 1.65. The van der Waals surface area contributed by atoms with Crippen molar-refractivity contribution >= 4 is 22.3 Å². The van der Waals surface area contributed by atoms with Crippen molar-refractivity contribution in [3.63, 3.8) is 0 Å². The van der Waals surface area contributed by atoms with Crippen LogP contribution in [0.5, 0.6) is 0 Å². The van der Waals surface area contributed by atoms with Crippen LogP contribution in [0.15, 0.2) is 41.2 Å². The lowest BCUT2D eigenvalue weighted by Crippen LogP contribution is -2.31. The summed E-state index contributed by atoms with van der Waals surface area (Å²) < 4.78 is 10.4. The van der Waals surface area contributed by atoms with E-state index in [0.29, 0.717) is 0 Å². The Hall–Kier alpha value is -2.69. The summed E-state index contributed by atoms with van der Waals surface area (Å²) in [6.07, 6.45) is 5.56. The second-order valence-electron chi connectivity index (χ2n) is 5.11. The molecule has 5 heteroatoms. The monoisotopic (exact) mass is 263 g/mol. The van der Waals surface area contributed by atoms with Crippen molar-refractivity contribution in [2.24, 2.45) is 7.05 Å². The molecule has 0 fully saturated rings. The first-order chi connectivity index (χ1) is 9.84. The Labute approximate surface area is 114 Å². The van der Waals surface area contributed by atoms with Crippen molar-refractivity contribution < 1.29 is 8.98 Å². The fraction of sp³-hybridized carbons (Fsp3) is 0.133. The number of aryl methyl sites for hydroxylation is 1.